The fraction of sp³-hybridized carbons (Fsp3) is 0.586. The summed E-state index contributed by atoms with van der Waals surface area (Å²) in [6.07, 6.45) is 20.1. The lowest BCUT2D eigenvalue weighted by Crippen LogP contribution is -2.20. The maximum Gasteiger partial charge on any atom is 0.0834 e. The summed E-state index contributed by atoms with van der Waals surface area (Å²) in [5.74, 6) is 1.79. The van der Waals surface area contributed by atoms with E-state index in [-0.39, 0.29) is 6.10 Å². The summed E-state index contributed by atoms with van der Waals surface area (Å²) in [6.45, 7) is 17.8. The molecule has 0 spiro atoms. The highest BCUT2D eigenvalue weighted by atomic mass is 16.3. The average molecular weight is 425 g/mol. The Kier molecular flexibility index (Phi) is 9.78. The van der Waals surface area contributed by atoms with E-state index in [4.69, 9.17) is 0 Å². The maximum absolute atomic E-state index is 10.1. The number of hydrogen-bond donors (Lipinski definition) is 2. The molecule has 0 radical (unpaired) electrons. The van der Waals surface area contributed by atoms with Crippen LogP contribution in [0.1, 0.15) is 78.6 Å². The number of aliphatic hydroxyl groups excluding tert-OH is 1. The van der Waals surface area contributed by atoms with Crippen LogP contribution in [-0.2, 0) is 0 Å². The molecule has 172 valence electrons. The molecule has 0 aromatic carbocycles. The van der Waals surface area contributed by atoms with Crippen molar-refractivity contribution in [2.45, 2.75) is 90.3 Å². The second-order valence-electron chi connectivity index (χ2n) is 10.3. The smallest absolute Gasteiger partial charge is 0.0834 e. The Bertz CT molecular complexity index is 728. The molecule has 0 bridgehead atoms. The largest absolute Gasteiger partial charge is 0.392 e. The van der Waals surface area contributed by atoms with Crippen molar-refractivity contribution < 1.29 is 10.2 Å². The number of aliphatic hydroxyl groups is 2. The number of rotatable bonds is 10. The van der Waals surface area contributed by atoms with E-state index in [2.05, 4.69) is 44.9 Å². The van der Waals surface area contributed by atoms with Crippen LogP contribution < -0.4 is 0 Å². The van der Waals surface area contributed by atoms with Gasteiger partial charge in [-0.1, -0.05) is 67.2 Å². The molecular formula is C29H44O2. The second kappa shape index (κ2) is 11.8. The molecule has 4 atom stereocenters. The first-order valence-corrected chi connectivity index (χ1v) is 12.0. The highest BCUT2D eigenvalue weighted by Gasteiger charge is 2.29. The molecule has 0 aliphatic heterocycles. The Morgan fingerprint density at radius 1 is 1.26 bits per heavy atom. The van der Waals surface area contributed by atoms with Crippen molar-refractivity contribution >= 4 is 0 Å². The van der Waals surface area contributed by atoms with E-state index in [0.29, 0.717) is 17.8 Å². The third-order valence-electron chi connectivity index (χ3n) is 7.03. The van der Waals surface area contributed by atoms with Crippen LogP contribution in [0, 0.1) is 17.8 Å². The van der Waals surface area contributed by atoms with Crippen molar-refractivity contribution in [3.63, 3.8) is 0 Å². The lowest BCUT2D eigenvalue weighted by atomic mass is 9.86. The Morgan fingerprint density at radius 2 is 2.00 bits per heavy atom. The van der Waals surface area contributed by atoms with Gasteiger partial charge in [0.15, 0.2) is 0 Å². The summed E-state index contributed by atoms with van der Waals surface area (Å²) in [7, 11) is 0. The van der Waals surface area contributed by atoms with Gasteiger partial charge >= 0.3 is 0 Å². The summed E-state index contributed by atoms with van der Waals surface area (Å²) in [6, 6.07) is 0. The van der Waals surface area contributed by atoms with Gasteiger partial charge in [-0.3, -0.25) is 0 Å². The van der Waals surface area contributed by atoms with E-state index in [1.807, 2.05) is 12.2 Å². The molecule has 2 nitrogen and oxygen atoms in total. The van der Waals surface area contributed by atoms with Crippen molar-refractivity contribution in [2.75, 3.05) is 0 Å². The van der Waals surface area contributed by atoms with Crippen LogP contribution >= 0.6 is 0 Å². The monoisotopic (exact) mass is 424 g/mol. The zero-order chi connectivity index (χ0) is 23.0. The van der Waals surface area contributed by atoms with Gasteiger partial charge in [0.2, 0.25) is 0 Å². The Balaban J connectivity index is 2.06. The van der Waals surface area contributed by atoms with Gasteiger partial charge in [0.1, 0.15) is 0 Å². The summed E-state index contributed by atoms with van der Waals surface area (Å²) in [4.78, 5) is 0. The summed E-state index contributed by atoms with van der Waals surface area (Å²) in [5.41, 5.74) is 3.91. The second-order valence-corrected chi connectivity index (χ2v) is 10.3. The molecule has 2 rings (SSSR count). The maximum atomic E-state index is 10.1. The van der Waals surface area contributed by atoms with Crippen LogP contribution in [0.4, 0.5) is 0 Å². The van der Waals surface area contributed by atoms with Crippen LogP contribution in [0.15, 0.2) is 72.4 Å². The molecule has 0 aromatic rings. The molecule has 2 saturated carbocycles. The minimum Gasteiger partial charge on any atom is -0.392 e. The number of hydrogen-bond acceptors (Lipinski definition) is 2. The van der Waals surface area contributed by atoms with Gasteiger partial charge in [-0.05, 0) is 95.0 Å². The Morgan fingerprint density at radius 3 is 2.65 bits per heavy atom. The van der Waals surface area contributed by atoms with Gasteiger partial charge < -0.3 is 10.2 Å². The number of unbranched alkanes of at least 4 members (excludes halogenated alkanes) is 1. The molecule has 2 fully saturated rings. The van der Waals surface area contributed by atoms with E-state index in [1.165, 1.54) is 24.8 Å². The molecule has 2 N–H and O–H groups in total. The van der Waals surface area contributed by atoms with Gasteiger partial charge in [-0.2, -0.15) is 0 Å². The van der Waals surface area contributed by atoms with Crippen LogP contribution in [-0.4, -0.2) is 21.9 Å². The molecule has 2 heteroatoms. The SMILES string of the molecule is C=CCCC/C(=C\C=C1\CC(=C)C[C@H](O)C1)[C@@H]1CC[C@H]([C@H](C)/C=C/C(=C)C(C)(C)O)C1. The zero-order valence-electron chi connectivity index (χ0n) is 20.1. The van der Waals surface area contributed by atoms with E-state index in [9.17, 15) is 10.2 Å². The van der Waals surface area contributed by atoms with Crippen molar-refractivity contribution in [1.82, 2.24) is 0 Å². The first-order chi connectivity index (χ1) is 14.6. The van der Waals surface area contributed by atoms with Gasteiger partial charge in [-0.25, -0.2) is 0 Å². The Hall–Kier alpha value is -1.64. The van der Waals surface area contributed by atoms with Crippen LogP contribution in [0.25, 0.3) is 0 Å². The van der Waals surface area contributed by atoms with Gasteiger partial charge in [-0.15, -0.1) is 6.58 Å². The van der Waals surface area contributed by atoms with Crippen LogP contribution in [0.5, 0.6) is 0 Å². The fourth-order valence-corrected chi connectivity index (χ4v) is 4.86. The summed E-state index contributed by atoms with van der Waals surface area (Å²) < 4.78 is 0. The normalized spacial score (nSPS) is 27.8. The minimum atomic E-state index is -0.860. The Labute approximate surface area is 190 Å². The summed E-state index contributed by atoms with van der Waals surface area (Å²) in [5, 5.41) is 20.2. The predicted octanol–water partition coefficient (Wildman–Crippen LogP) is 7.23. The molecule has 0 heterocycles. The van der Waals surface area contributed by atoms with Crippen molar-refractivity contribution in [2.24, 2.45) is 17.8 Å². The van der Waals surface area contributed by atoms with Gasteiger partial charge in [0.05, 0.1) is 11.7 Å². The van der Waals surface area contributed by atoms with Gasteiger partial charge in [0, 0.05) is 0 Å². The predicted molar refractivity (Wildman–Crippen MR) is 134 cm³/mol. The van der Waals surface area contributed by atoms with E-state index in [1.54, 1.807) is 19.4 Å². The first-order valence-electron chi connectivity index (χ1n) is 12.0. The highest BCUT2D eigenvalue weighted by Crippen LogP contribution is 2.41. The zero-order valence-corrected chi connectivity index (χ0v) is 20.1. The van der Waals surface area contributed by atoms with E-state index >= 15 is 0 Å². The molecule has 0 saturated heterocycles. The quantitative estimate of drug-likeness (QED) is 0.220. The number of allylic oxidation sites excluding steroid dienone is 5. The van der Waals surface area contributed by atoms with E-state index < -0.39 is 5.60 Å². The lowest BCUT2D eigenvalue weighted by Gasteiger charge is -2.22. The highest BCUT2D eigenvalue weighted by molar-refractivity contribution is 5.27. The topological polar surface area (TPSA) is 40.5 Å². The van der Waals surface area contributed by atoms with E-state index in [0.717, 1.165) is 49.7 Å². The standard InChI is InChI=1S/C29H44O2/c1-7-8-9-10-25(14-13-24-17-21(2)18-28(30)19-24)27-16-15-26(20-27)22(3)11-12-23(4)29(5,6)31/h7,11-14,22,26-28,30-31H,1-2,4,8-10,15-20H2,3,5-6H3/b12-11+,24-13-,25-14+/t22-,26+,27-,28+/m1/s1. The molecular weight excluding hydrogens is 380 g/mol. The summed E-state index contributed by atoms with van der Waals surface area (Å²) >= 11 is 0. The first kappa shape index (κ1) is 25.6. The van der Waals surface area contributed by atoms with Crippen LogP contribution in [0.3, 0.4) is 0 Å². The molecule has 31 heavy (non-hydrogen) atoms. The average Bonchev–Trinajstić information content (AvgIpc) is 3.17. The molecule has 0 aromatic heterocycles. The fourth-order valence-electron chi connectivity index (χ4n) is 4.86. The van der Waals surface area contributed by atoms with Crippen molar-refractivity contribution in [1.29, 1.82) is 0 Å². The van der Waals surface area contributed by atoms with Crippen molar-refractivity contribution in [3.05, 3.63) is 72.4 Å². The molecule has 0 amide bonds. The van der Waals surface area contributed by atoms with Crippen LogP contribution in [0.2, 0.25) is 0 Å². The molecule has 0 unspecified atom stereocenters. The van der Waals surface area contributed by atoms with Crippen molar-refractivity contribution in [3.8, 4) is 0 Å². The minimum absolute atomic E-state index is 0.271. The molecule has 2 aliphatic rings. The van der Waals surface area contributed by atoms with Gasteiger partial charge in [0.25, 0.3) is 0 Å². The lowest BCUT2D eigenvalue weighted by molar-refractivity contribution is 0.124. The molecule has 2 aliphatic carbocycles. The third kappa shape index (κ3) is 8.43. The third-order valence-corrected chi connectivity index (χ3v) is 7.03.